The van der Waals surface area contributed by atoms with E-state index in [1.54, 1.807) is 14.2 Å². The fourth-order valence-corrected chi connectivity index (χ4v) is 7.88. The summed E-state index contributed by atoms with van der Waals surface area (Å²) in [5.41, 5.74) is 0. The van der Waals surface area contributed by atoms with Crippen LogP contribution in [-0.4, -0.2) is 40.5 Å². The van der Waals surface area contributed by atoms with Crippen LogP contribution in [0.3, 0.4) is 0 Å². The van der Waals surface area contributed by atoms with Gasteiger partial charge in [0.15, 0.2) is 0 Å². The van der Waals surface area contributed by atoms with Crippen LogP contribution in [0.25, 0.3) is 0 Å². The van der Waals surface area contributed by atoms with Crippen molar-refractivity contribution in [2.24, 2.45) is 0 Å². The quantitative estimate of drug-likeness (QED) is 0.729. The normalized spacial score (nSPS) is 10.1. The molecule has 0 heterocycles. The van der Waals surface area contributed by atoms with E-state index in [4.69, 9.17) is 9.47 Å². The van der Waals surface area contributed by atoms with Gasteiger partial charge in [-0.2, -0.15) is 0 Å². The van der Waals surface area contributed by atoms with Crippen molar-refractivity contribution in [3.63, 3.8) is 0 Å². The molecule has 0 aliphatic rings. The van der Waals surface area contributed by atoms with E-state index in [1.807, 2.05) is 24.3 Å². The van der Waals surface area contributed by atoms with Crippen LogP contribution in [0, 0.1) is 0 Å². The van der Waals surface area contributed by atoms with Crippen molar-refractivity contribution in [2.75, 3.05) is 14.2 Å². The molecule has 0 amide bonds. The van der Waals surface area contributed by atoms with Crippen molar-refractivity contribution in [1.82, 2.24) is 0 Å². The first-order chi connectivity index (χ1) is 8.83. The van der Waals surface area contributed by atoms with Crippen LogP contribution in [0.15, 0.2) is 48.5 Å². The maximum atomic E-state index is 5.38. The molecule has 0 fully saturated rings. The molecular formula is C14H14O2Se2. The number of methoxy groups -OCH3 is 2. The van der Waals surface area contributed by atoms with Crippen LogP contribution in [-0.2, 0) is 0 Å². The van der Waals surface area contributed by atoms with Crippen LogP contribution in [0.5, 0.6) is 11.5 Å². The van der Waals surface area contributed by atoms with Crippen molar-refractivity contribution in [3.05, 3.63) is 48.5 Å². The Morgan fingerprint density at radius 1 is 0.833 bits per heavy atom. The topological polar surface area (TPSA) is 18.5 Å². The van der Waals surface area contributed by atoms with Gasteiger partial charge >= 0.3 is 119 Å². The summed E-state index contributed by atoms with van der Waals surface area (Å²) in [6, 6.07) is 16.6. The second kappa shape index (κ2) is 6.86. The number of hydrogen-bond acceptors (Lipinski definition) is 2. The molecule has 0 saturated heterocycles. The molecule has 0 aliphatic heterocycles. The molecule has 0 radical (unpaired) electrons. The summed E-state index contributed by atoms with van der Waals surface area (Å²) in [4.78, 5) is 0. The molecular weight excluding hydrogens is 358 g/mol. The standard InChI is InChI=1S/C14H14O2Se2/c1-15-11-6-5-7-12(10-11)17-18-14-9-4-3-8-13(14)16-2/h3-10H,1-2H3. The summed E-state index contributed by atoms with van der Waals surface area (Å²) >= 11 is 0.891. The van der Waals surface area contributed by atoms with Gasteiger partial charge in [-0.3, -0.25) is 0 Å². The molecule has 0 spiro atoms. The molecule has 94 valence electrons. The Labute approximate surface area is 119 Å². The summed E-state index contributed by atoms with van der Waals surface area (Å²) in [7, 11) is 3.44. The van der Waals surface area contributed by atoms with E-state index in [2.05, 4.69) is 24.3 Å². The minimum atomic E-state index is 0.436. The molecule has 18 heavy (non-hydrogen) atoms. The zero-order valence-corrected chi connectivity index (χ0v) is 13.7. The molecule has 0 aliphatic carbocycles. The molecule has 0 saturated carbocycles. The zero-order chi connectivity index (χ0) is 12.8. The predicted molar refractivity (Wildman–Crippen MR) is 76.8 cm³/mol. The molecule has 4 heteroatoms. The van der Waals surface area contributed by atoms with Crippen LogP contribution >= 0.6 is 0 Å². The number of ether oxygens (including phenoxy) is 2. The van der Waals surface area contributed by atoms with Crippen molar-refractivity contribution in [2.45, 2.75) is 0 Å². The summed E-state index contributed by atoms with van der Waals surface area (Å²) in [5, 5.41) is 0. The second-order valence-electron chi connectivity index (χ2n) is 3.50. The van der Waals surface area contributed by atoms with Gasteiger partial charge in [0.05, 0.1) is 0 Å². The average Bonchev–Trinajstić information content (AvgIpc) is 2.45. The Morgan fingerprint density at radius 2 is 1.67 bits per heavy atom. The van der Waals surface area contributed by atoms with Crippen molar-refractivity contribution in [1.29, 1.82) is 0 Å². The van der Waals surface area contributed by atoms with Crippen molar-refractivity contribution in [3.8, 4) is 11.5 Å². The molecule has 2 aromatic carbocycles. The molecule has 0 unspecified atom stereocenters. The van der Waals surface area contributed by atoms with E-state index in [9.17, 15) is 0 Å². The third kappa shape index (κ3) is 3.53. The third-order valence-corrected chi connectivity index (χ3v) is 9.50. The van der Waals surface area contributed by atoms with Crippen molar-refractivity contribution < 1.29 is 9.47 Å². The molecule has 0 N–H and O–H groups in total. The van der Waals surface area contributed by atoms with E-state index < -0.39 is 0 Å². The van der Waals surface area contributed by atoms with Gasteiger partial charge in [-0.25, -0.2) is 0 Å². The second-order valence-corrected chi connectivity index (χ2v) is 9.74. The van der Waals surface area contributed by atoms with E-state index in [1.165, 1.54) is 8.92 Å². The van der Waals surface area contributed by atoms with Crippen LogP contribution in [0.4, 0.5) is 0 Å². The van der Waals surface area contributed by atoms with Gasteiger partial charge in [0.1, 0.15) is 0 Å². The van der Waals surface area contributed by atoms with E-state index in [0.29, 0.717) is 26.3 Å². The van der Waals surface area contributed by atoms with Crippen LogP contribution in [0.2, 0.25) is 0 Å². The summed E-state index contributed by atoms with van der Waals surface area (Å²) in [5.74, 6) is 1.94. The molecule has 2 rings (SSSR count). The van der Waals surface area contributed by atoms with E-state index >= 15 is 0 Å². The third-order valence-electron chi connectivity index (χ3n) is 2.34. The first kappa shape index (κ1) is 13.5. The molecule has 0 bridgehead atoms. The summed E-state index contributed by atoms with van der Waals surface area (Å²) in [6.45, 7) is 0. The molecule has 2 nitrogen and oxygen atoms in total. The SMILES string of the molecule is COc1cccc([Se][Se]c2ccccc2OC)c1. The monoisotopic (exact) mass is 374 g/mol. The van der Waals surface area contributed by atoms with Gasteiger partial charge in [-0.15, -0.1) is 0 Å². The molecule has 0 atom stereocenters. The van der Waals surface area contributed by atoms with Crippen molar-refractivity contribution >= 4 is 35.2 Å². The maximum absolute atomic E-state index is 5.38. The Kier molecular flexibility index (Phi) is 5.15. The van der Waals surface area contributed by atoms with E-state index in [-0.39, 0.29) is 0 Å². The van der Waals surface area contributed by atoms with Gasteiger partial charge < -0.3 is 0 Å². The van der Waals surface area contributed by atoms with Gasteiger partial charge in [0, 0.05) is 0 Å². The zero-order valence-electron chi connectivity index (χ0n) is 10.3. The molecule has 0 aromatic heterocycles. The predicted octanol–water partition coefficient (Wildman–Crippen LogP) is 0.978. The van der Waals surface area contributed by atoms with Gasteiger partial charge in [-0.05, 0) is 0 Å². The fraction of sp³-hybridized carbons (Fsp3) is 0.143. The Balaban J connectivity index is 2.06. The van der Waals surface area contributed by atoms with Crippen LogP contribution in [0.1, 0.15) is 0 Å². The van der Waals surface area contributed by atoms with Gasteiger partial charge in [0.25, 0.3) is 0 Å². The summed E-state index contributed by atoms with van der Waals surface area (Å²) in [6.07, 6.45) is 0. The van der Waals surface area contributed by atoms with Gasteiger partial charge in [-0.1, -0.05) is 0 Å². The first-order valence-electron chi connectivity index (χ1n) is 5.45. The number of rotatable bonds is 5. The molecule has 2 aromatic rings. The Bertz CT molecular complexity index is 515. The average molecular weight is 372 g/mol. The number of hydrogen-bond donors (Lipinski definition) is 0. The Morgan fingerprint density at radius 3 is 2.44 bits per heavy atom. The van der Waals surface area contributed by atoms with E-state index in [0.717, 1.165) is 11.5 Å². The summed E-state index contributed by atoms with van der Waals surface area (Å²) < 4.78 is 13.3. The first-order valence-corrected chi connectivity index (χ1v) is 11.5. The van der Waals surface area contributed by atoms with Gasteiger partial charge in [0.2, 0.25) is 0 Å². The Hall–Kier alpha value is -0.921. The fourth-order valence-electron chi connectivity index (χ4n) is 1.43. The number of benzene rings is 2. The number of para-hydroxylation sites is 1. The van der Waals surface area contributed by atoms with Crippen LogP contribution < -0.4 is 18.4 Å². The minimum absolute atomic E-state index is 0.436.